The van der Waals surface area contributed by atoms with Gasteiger partial charge in [-0.2, -0.15) is 5.26 Å². The summed E-state index contributed by atoms with van der Waals surface area (Å²) in [5.74, 6) is -0.640. The lowest BCUT2D eigenvalue weighted by molar-refractivity contribution is -0.276. The van der Waals surface area contributed by atoms with E-state index in [-0.39, 0.29) is 16.8 Å². The molecule has 0 saturated heterocycles. The van der Waals surface area contributed by atoms with Gasteiger partial charge in [-0.1, -0.05) is 0 Å². The Morgan fingerprint density at radius 3 is 2.60 bits per heavy atom. The SMILES string of the molecule is Cc1c(OC(F)(F)F)ncc(C#N)c1N. The van der Waals surface area contributed by atoms with Crippen molar-refractivity contribution in [1.82, 2.24) is 4.98 Å². The van der Waals surface area contributed by atoms with Gasteiger partial charge in [0.15, 0.2) is 0 Å². The zero-order valence-electron chi connectivity index (χ0n) is 7.59. The van der Waals surface area contributed by atoms with Crippen molar-refractivity contribution >= 4 is 5.69 Å². The minimum Gasteiger partial charge on any atom is -0.397 e. The monoisotopic (exact) mass is 217 g/mol. The van der Waals surface area contributed by atoms with Crippen molar-refractivity contribution in [3.05, 3.63) is 17.3 Å². The van der Waals surface area contributed by atoms with E-state index in [2.05, 4.69) is 9.72 Å². The number of hydrogen-bond donors (Lipinski definition) is 1. The summed E-state index contributed by atoms with van der Waals surface area (Å²) in [5.41, 5.74) is 5.35. The van der Waals surface area contributed by atoms with Gasteiger partial charge in [-0.15, -0.1) is 13.2 Å². The van der Waals surface area contributed by atoms with E-state index >= 15 is 0 Å². The normalized spacial score (nSPS) is 10.9. The predicted octanol–water partition coefficient (Wildman–Crippen LogP) is 1.74. The molecule has 0 amide bonds. The third-order valence-corrected chi connectivity index (χ3v) is 1.66. The molecule has 0 aromatic carbocycles. The van der Waals surface area contributed by atoms with Crippen LogP contribution in [0.25, 0.3) is 0 Å². The van der Waals surface area contributed by atoms with Crippen molar-refractivity contribution in [3.63, 3.8) is 0 Å². The molecule has 1 aromatic rings. The molecule has 0 aliphatic rings. The first-order valence-electron chi connectivity index (χ1n) is 3.76. The average molecular weight is 217 g/mol. The largest absolute Gasteiger partial charge is 0.574 e. The Morgan fingerprint density at radius 1 is 1.53 bits per heavy atom. The average Bonchev–Trinajstić information content (AvgIpc) is 2.11. The van der Waals surface area contributed by atoms with Gasteiger partial charge >= 0.3 is 6.36 Å². The third kappa shape index (κ3) is 2.49. The molecule has 0 bridgehead atoms. The van der Waals surface area contributed by atoms with Crippen LogP contribution in [-0.2, 0) is 0 Å². The van der Waals surface area contributed by atoms with E-state index in [1.165, 1.54) is 6.92 Å². The van der Waals surface area contributed by atoms with Gasteiger partial charge in [0, 0.05) is 5.56 Å². The van der Waals surface area contributed by atoms with Crippen molar-refractivity contribution in [2.75, 3.05) is 5.73 Å². The van der Waals surface area contributed by atoms with E-state index in [1.54, 1.807) is 6.07 Å². The minimum atomic E-state index is -4.82. The summed E-state index contributed by atoms with van der Waals surface area (Å²) in [6.45, 7) is 1.30. The first-order valence-corrected chi connectivity index (χ1v) is 3.76. The van der Waals surface area contributed by atoms with Gasteiger partial charge in [-0.05, 0) is 6.92 Å². The molecule has 4 nitrogen and oxygen atoms in total. The van der Waals surface area contributed by atoms with E-state index < -0.39 is 12.2 Å². The summed E-state index contributed by atoms with van der Waals surface area (Å²) in [5, 5.41) is 8.53. The third-order valence-electron chi connectivity index (χ3n) is 1.66. The molecule has 0 aliphatic heterocycles. The predicted molar refractivity (Wildman–Crippen MR) is 44.8 cm³/mol. The highest BCUT2D eigenvalue weighted by Gasteiger charge is 2.32. The summed E-state index contributed by atoms with van der Waals surface area (Å²) in [4.78, 5) is 3.35. The Hall–Kier alpha value is -1.97. The highest BCUT2D eigenvalue weighted by atomic mass is 19.4. The smallest absolute Gasteiger partial charge is 0.397 e. The van der Waals surface area contributed by atoms with Crippen LogP contribution in [0.4, 0.5) is 18.9 Å². The fourth-order valence-electron chi connectivity index (χ4n) is 0.908. The maximum absolute atomic E-state index is 11.9. The second-order valence-corrected chi connectivity index (χ2v) is 2.68. The van der Waals surface area contributed by atoms with E-state index in [4.69, 9.17) is 11.0 Å². The van der Waals surface area contributed by atoms with Crippen molar-refractivity contribution in [1.29, 1.82) is 5.26 Å². The molecule has 0 fully saturated rings. The maximum Gasteiger partial charge on any atom is 0.574 e. The molecule has 2 N–H and O–H groups in total. The topological polar surface area (TPSA) is 71.9 Å². The summed E-state index contributed by atoms with van der Waals surface area (Å²) in [6, 6.07) is 1.70. The Bertz CT molecular complexity index is 422. The molecule has 1 rings (SSSR count). The maximum atomic E-state index is 11.9. The van der Waals surface area contributed by atoms with E-state index in [0.717, 1.165) is 6.20 Å². The van der Waals surface area contributed by atoms with Crippen LogP contribution in [0.5, 0.6) is 5.88 Å². The molecule has 0 saturated carbocycles. The lowest BCUT2D eigenvalue weighted by Crippen LogP contribution is -2.19. The van der Waals surface area contributed by atoms with Crippen LogP contribution in [0.15, 0.2) is 6.20 Å². The molecule has 0 spiro atoms. The lowest BCUT2D eigenvalue weighted by atomic mass is 10.2. The molecule has 0 unspecified atom stereocenters. The van der Waals surface area contributed by atoms with Gasteiger partial charge in [0.25, 0.3) is 0 Å². The fourth-order valence-corrected chi connectivity index (χ4v) is 0.908. The zero-order valence-corrected chi connectivity index (χ0v) is 7.59. The molecule has 0 radical (unpaired) electrons. The van der Waals surface area contributed by atoms with Crippen molar-refractivity contribution in [2.45, 2.75) is 13.3 Å². The van der Waals surface area contributed by atoms with Gasteiger partial charge in [0.2, 0.25) is 5.88 Å². The molecule has 7 heteroatoms. The van der Waals surface area contributed by atoms with E-state index in [9.17, 15) is 13.2 Å². The quantitative estimate of drug-likeness (QED) is 0.777. The van der Waals surface area contributed by atoms with Crippen molar-refractivity contribution in [2.24, 2.45) is 0 Å². The van der Waals surface area contributed by atoms with Crippen LogP contribution >= 0.6 is 0 Å². The van der Waals surface area contributed by atoms with Gasteiger partial charge in [0.1, 0.15) is 6.07 Å². The summed E-state index contributed by atoms with van der Waals surface area (Å²) in [6.07, 6.45) is -3.89. The van der Waals surface area contributed by atoms with Crippen LogP contribution in [-0.4, -0.2) is 11.3 Å². The number of nitrogens with two attached hydrogens (primary N) is 1. The number of rotatable bonds is 1. The summed E-state index contributed by atoms with van der Waals surface area (Å²) < 4.78 is 39.2. The number of nitrogen functional groups attached to an aromatic ring is 1. The van der Waals surface area contributed by atoms with Gasteiger partial charge < -0.3 is 10.5 Å². The highest BCUT2D eigenvalue weighted by Crippen LogP contribution is 2.28. The second-order valence-electron chi connectivity index (χ2n) is 2.68. The fraction of sp³-hybridized carbons (Fsp3) is 0.250. The number of anilines is 1. The number of hydrogen-bond acceptors (Lipinski definition) is 4. The standard InChI is InChI=1S/C8H6F3N3O/c1-4-6(13)5(2-12)3-14-7(4)15-8(9,10)11/h3H,1H3,(H2,13,14). The number of alkyl halides is 3. The molecule has 1 aromatic heterocycles. The minimum absolute atomic E-state index is 0.00799. The molecular weight excluding hydrogens is 211 g/mol. The number of nitrogens with zero attached hydrogens (tertiary/aromatic N) is 2. The highest BCUT2D eigenvalue weighted by molar-refractivity contribution is 5.60. The Morgan fingerprint density at radius 2 is 2.13 bits per heavy atom. The van der Waals surface area contributed by atoms with Crippen LogP contribution < -0.4 is 10.5 Å². The van der Waals surface area contributed by atoms with Gasteiger partial charge in [-0.3, -0.25) is 0 Å². The zero-order chi connectivity index (χ0) is 11.6. The Kier molecular flexibility index (Phi) is 2.70. The van der Waals surface area contributed by atoms with Crippen LogP contribution in [0.1, 0.15) is 11.1 Å². The summed E-state index contributed by atoms with van der Waals surface area (Å²) in [7, 11) is 0. The Balaban J connectivity index is 3.14. The van der Waals surface area contributed by atoms with Crippen LogP contribution in [0, 0.1) is 18.3 Å². The Labute approximate surface area is 83.1 Å². The van der Waals surface area contributed by atoms with E-state index in [0.29, 0.717) is 0 Å². The van der Waals surface area contributed by atoms with E-state index in [1.807, 2.05) is 0 Å². The molecule has 15 heavy (non-hydrogen) atoms. The lowest BCUT2D eigenvalue weighted by Gasteiger charge is -2.11. The first-order chi connectivity index (χ1) is 6.85. The number of halogens is 3. The number of ether oxygens (including phenoxy) is 1. The van der Waals surface area contributed by atoms with Crippen LogP contribution in [0.3, 0.4) is 0 Å². The molecule has 1 heterocycles. The first kappa shape index (κ1) is 11.1. The molecular formula is C8H6F3N3O. The van der Waals surface area contributed by atoms with Crippen LogP contribution in [0.2, 0.25) is 0 Å². The molecule has 0 atom stereocenters. The van der Waals surface area contributed by atoms with Gasteiger partial charge in [-0.25, -0.2) is 4.98 Å². The second kappa shape index (κ2) is 3.65. The number of pyridine rings is 1. The van der Waals surface area contributed by atoms with Crippen molar-refractivity contribution < 1.29 is 17.9 Å². The molecule has 0 aliphatic carbocycles. The number of nitriles is 1. The summed E-state index contributed by atoms with van der Waals surface area (Å²) >= 11 is 0. The van der Waals surface area contributed by atoms with Crippen molar-refractivity contribution in [3.8, 4) is 11.9 Å². The molecule has 80 valence electrons. The van der Waals surface area contributed by atoms with Gasteiger partial charge in [0.05, 0.1) is 17.4 Å². The number of aromatic nitrogens is 1.